The van der Waals surface area contributed by atoms with Gasteiger partial charge < -0.3 is 5.11 Å². The average molecular weight is 392 g/mol. The lowest BCUT2D eigenvalue weighted by molar-refractivity contribution is 0.296. The van der Waals surface area contributed by atoms with Crippen molar-refractivity contribution >= 4 is 5.57 Å². The van der Waals surface area contributed by atoms with Crippen LogP contribution >= 0.6 is 0 Å². The highest BCUT2D eigenvalue weighted by Gasteiger charge is 2.23. The Kier molecular flexibility index (Phi) is 7.55. The summed E-state index contributed by atoms with van der Waals surface area (Å²) in [6, 6.07) is 17.0. The molecule has 1 aliphatic heterocycles. The lowest BCUT2D eigenvalue weighted by Crippen LogP contribution is -2.29. The molecular formula is C27H37NO. The summed E-state index contributed by atoms with van der Waals surface area (Å²) in [5.41, 5.74) is 4.93. The van der Waals surface area contributed by atoms with Crippen LogP contribution in [0.4, 0.5) is 0 Å². The molecule has 0 aromatic heterocycles. The number of benzene rings is 2. The molecular weight excluding hydrogens is 354 g/mol. The minimum absolute atomic E-state index is 0.101. The molecule has 1 aliphatic rings. The van der Waals surface area contributed by atoms with Crippen LogP contribution in [0.5, 0.6) is 5.75 Å². The van der Waals surface area contributed by atoms with Gasteiger partial charge in [0.15, 0.2) is 0 Å². The van der Waals surface area contributed by atoms with E-state index < -0.39 is 0 Å². The Morgan fingerprint density at radius 3 is 2.52 bits per heavy atom. The van der Waals surface area contributed by atoms with E-state index in [1.54, 1.807) is 0 Å². The van der Waals surface area contributed by atoms with Gasteiger partial charge in [0.1, 0.15) is 5.75 Å². The summed E-state index contributed by atoms with van der Waals surface area (Å²) in [6.45, 7) is 9.78. The number of aromatic hydroxyl groups is 1. The largest absolute Gasteiger partial charge is 0.507 e. The Labute approximate surface area is 177 Å². The van der Waals surface area contributed by atoms with Gasteiger partial charge in [0.2, 0.25) is 0 Å². The normalized spacial score (nSPS) is 15.3. The lowest BCUT2D eigenvalue weighted by atomic mass is 9.79. The van der Waals surface area contributed by atoms with Crippen LogP contribution in [0.3, 0.4) is 0 Å². The minimum atomic E-state index is 0.101. The van der Waals surface area contributed by atoms with Crippen LogP contribution in [0.15, 0.2) is 54.6 Å². The fraction of sp³-hybridized carbons (Fsp3) is 0.481. The molecule has 0 bridgehead atoms. The molecule has 2 nitrogen and oxygen atoms in total. The van der Waals surface area contributed by atoms with Gasteiger partial charge in [-0.25, -0.2) is 0 Å². The second-order valence-corrected chi connectivity index (χ2v) is 9.14. The third kappa shape index (κ3) is 5.96. The van der Waals surface area contributed by atoms with Crippen molar-refractivity contribution in [3.8, 4) is 5.75 Å². The van der Waals surface area contributed by atoms with E-state index in [1.165, 1.54) is 48.8 Å². The lowest BCUT2D eigenvalue weighted by Gasteiger charge is -2.29. The van der Waals surface area contributed by atoms with Crippen LogP contribution in [-0.2, 0) is 12.0 Å². The van der Waals surface area contributed by atoms with E-state index in [1.807, 2.05) is 6.07 Å². The number of phenolic OH excluding ortho intramolecular Hbond substituents is 1. The van der Waals surface area contributed by atoms with E-state index in [0.717, 1.165) is 31.6 Å². The standard InChI is InChI=1S/C27H37NO/c1-4-5-6-10-17-27(2,3)24-15-16-25(26(29)19-24)23-14-11-18-28(21-23)20-22-12-8-7-9-13-22/h7-9,12-16,19,29H,4-6,10-11,17-18,20-21H2,1-3H3. The SMILES string of the molecule is CCCCCCC(C)(C)c1ccc(C2=CCCN(Cc3ccccc3)C2)c(O)c1. The summed E-state index contributed by atoms with van der Waals surface area (Å²) in [4.78, 5) is 2.47. The Morgan fingerprint density at radius 2 is 1.79 bits per heavy atom. The predicted molar refractivity (Wildman–Crippen MR) is 124 cm³/mol. The third-order valence-corrected chi connectivity index (χ3v) is 6.26. The molecule has 1 heterocycles. The molecule has 0 amide bonds. The molecule has 1 N–H and O–H groups in total. The topological polar surface area (TPSA) is 23.5 Å². The zero-order valence-electron chi connectivity index (χ0n) is 18.5. The Balaban J connectivity index is 1.67. The van der Waals surface area contributed by atoms with E-state index >= 15 is 0 Å². The molecule has 0 unspecified atom stereocenters. The summed E-state index contributed by atoms with van der Waals surface area (Å²) in [6.07, 6.45) is 9.63. The van der Waals surface area contributed by atoms with Crippen LogP contribution in [-0.4, -0.2) is 23.1 Å². The summed E-state index contributed by atoms with van der Waals surface area (Å²) in [5, 5.41) is 10.8. The number of nitrogens with zero attached hydrogens (tertiary/aromatic N) is 1. The smallest absolute Gasteiger partial charge is 0.123 e. The van der Waals surface area contributed by atoms with Crippen molar-refractivity contribution in [2.45, 2.75) is 71.3 Å². The van der Waals surface area contributed by atoms with Crippen molar-refractivity contribution in [3.05, 3.63) is 71.3 Å². The van der Waals surface area contributed by atoms with Gasteiger partial charge in [0.05, 0.1) is 0 Å². The number of rotatable bonds is 9. The van der Waals surface area contributed by atoms with Gasteiger partial charge in [-0.15, -0.1) is 0 Å². The Bertz CT molecular complexity index is 807. The molecule has 29 heavy (non-hydrogen) atoms. The van der Waals surface area contributed by atoms with E-state index in [0.29, 0.717) is 5.75 Å². The van der Waals surface area contributed by atoms with Crippen LogP contribution in [0.1, 0.15) is 76.0 Å². The van der Waals surface area contributed by atoms with Crippen LogP contribution in [0.25, 0.3) is 5.57 Å². The number of hydrogen-bond donors (Lipinski definition) is 1. The maximum Gasteiger partial charge on any atom is 0.123 e. The molecule has 0 fully saturated rings. The van der Waals surface area contributed by atoms with Gasteiger partial charge in [0, 0.05) is 25.2 Å². The average Bonchev–Trinajstić information content (AvgIpc) is 2.72. The zero-order valence-corrected chi connectivity index (χ0v) is 18.5. The molecule has 0 atom stereocenters. The van der Waals surface area contributed by atoms with E-state index in [2.05, 4.69) is 74.2 Å². The summed E-state index contributed by atoms with van der Waals surface area (Å²) in [7, 11) is 0. The van der Waals surface area contributed by atoms with Gasteiger partial charge in [-0.3, -0.25) is 4.90 Å². The third-order valence-electron chi connectivity index (χ3n) is 6.26. The quantitative estimate of drug-likeness (QED) is 0.468. The van der Waals surface area contributed by atoms with Crippen molar-refractivity contribution in [2.75, 3.05) is 13.1 Å². The van der Waals surface area contributed by atoms with Crippen molar-refractivity contribution in [3.63, 3.8) is 0 Å². The van der Waals surface area contributed by atoms with Crippen molar-refractivity contribution in [1.29, 1.82) is 0 Å². The van der Waals surface area contributed by atoms with Crippen LogP contribution < -0.4 is 0 Å². The minimum Gasteiger partial charge on any atom is -0.507 e. The second-order valence-electron chi connectivity index (χ2n) is 9.14. The van der Waals surface area contributed by atoms with Gasteiger partial charge in [-0.05, 0) is 41.0 Å². The first kappa shape index (κ1) is 21.6. The fourth-order valence-electron chi connectivity index (χ4n) is 4.34. The van der Waals surface area contributed by atoms with Gasteiger partial charge in [0.25, 0.3) is 0 Å². The van der Waals surface area contributed by atoms with Crippen molar-refractivity contribution in [2.24, 2.45) is 0 Å². The highest BCUT2D eigenvalue weighted by molar-refractivity contribution is 5.72. The molecule has 2 aromatic rings. The Morgan fingerprint density at radius 1 is 1.00 bits per heavy atom. The van der Waals surface area contributed by atoms with Crippen molar-refractivity contribution in [1.82, 2.24) is 4.90 Å². The molecule has 0 saturated heterocycles. The molecule has 0 spiro atoms. The number of hydrogen-bond acceptors (Lipinski definition) is 2. The summed E-state index contributed by atoms with van der Waals surface area (Å²) >= 11 is 0. The monoisotopic (exact) mass is 391 g/mol. The molecule has 2 heteroatoms. The van der Waals surface area contributed by atoms with E-state index in [-0.39, 0.29) is 5.41 Å². The first-order chi connectivity index (χ1) is 14.0. The number of unbranched alkanes of at least 4 members (excludes halogenated alkanes) is 3. The summed E-state index contributed by atoms with van der Waals surface area (Å²) < 4.78 is 0. The van der Waals surface area contributed by atoms with E-state index in [9.17, 15) is 5.11 Å². The number of phenols is 1. The second kappa shape index (κ2) is 10.1. The van der Waals surface area contributed by atoms with Gasteiger partial charge in [-0.1, -0.05) is 95.0 Å². The highest BCUT2D eigenvalue weighted by atomic mass is 16.3. The van der Waals surface area contributed by atoms with Gasteiger partial charge in [-0.2, -0.15) is 0 Å². The van der Waals surface area contributed by atoms with Crippen LogP contribution in [0, 0.1) is 0 Å². The van der Waals surface area contributed by atoms with Crippen molar-refractivity contribution < 1.29 is 5.11 Å². The first-order valence-corrected chi connectivity index (χ1v) is 11.3. The summed E-state index contributed by atoms with van der Waals surface area (Å²) in [5.74, 6) is 0.428. The maximum absolute atomic E-state index is 10.8. The van der Waals surface area contributed by atoms with E-state index in [4.69, 9.17) is 0 Å². The molecule has 156 valence electrons. The molecule has 3 rings (SSSR count). The fourth-order valence-corrected chi connectivity index (χ4v) is 4.34. The molecule has 0 saturated carbocycles. The van der Waals surface area contributed by atoms with Gasteiger partial charge >= 0.3 is 0 Å². The van der Waals surface area contributed by atoms with Crippen LogP contribution in [0.2, 0.25) is 0 Å². The predicted octanol–water partition coefficient (Wildman–Crippen LogP) is 6.93. The molecule has 0 aliphatic carbocycles. The Hall–Kier alpha value is -2.06. The zero-order chi connectivity index (χ0) is 20.7. The first-order valence-electron chi connectivity index (χ1n) is 11.3. The maximum atomic E-state index is 10.8. The molecule has 2 aromatic carbocycles. The highest BCUT2D eigenvalue weighted by Crippen LogP contribution is 2.35. The molecule has 0 radical (unpaired) electrons.